The molecule has 0 N–H and O–H groups in total. The average Bonchev–Trinajstić information content (AvgIpc) is 2.02. The van der Waals surface area contributed by atoms with Crippen molar-refractivity contribution >= 4 is 17.4 Å². The third-order valence-electron chi connectivity index (χ3n) is 1.96. The lowest BCUT2D eigenvalue weighted by Gasteiger charge is -2.47. The number of alkyl halides is 5. The molecule has 1 aliphatic carbocycles. The molecule has 6 heteroatoms. The second-order valence-electron chi connectivity index (χ2n) is 2.77. The number of carbonyl (C=O) groups is 1. The molecule has 1 saturated carbocycles. The lowest BCUT2D eigenvalue weighted by atomic mass is 9.72. The summed E-state index contributed by atoms with van der Waals surface area (Å²) in [5, 5.41) is 0. The molecule has 0 saturated heterocycles. The van der Waals surface area contributed by atoms with Crippen LogP contribution >= 0.6 is 11.6 Å². The Kier molecular flexibility index (Phi) is 1.99. The maximum Gasteiger partial charge on any atom is 0.371 e. The quantitative estimate of drug-likeness (QED) is 0.394. The molecule has 1 fully saturated rings. The van der Waals surface area contributed by atoms with E-state index in [1.54, 1.807) is 0 Å². The van der Waals surface area contributed by atoms with Crippen molar-refractivity contribution in [2.45, 2.75) is 23.1 Å². The van der Waals surface area contributed by atoms with Gasteiger partial charge in [0.25, 0.3) is 0 Å². The zero-order valence-electron chi connectivity index (χ0n) is 6.29. The van der Waals surface area contributed by atoms with Crippen molar-refractivity contribution in [3.05, 3.63) is 12.7 Å². The van der Waals surface area contributed by atoms with E-state index in [0.29, 0.717) is 0 Å². The van der Waals surface area contributed by atoms with E-state index < -0.39 is 28.9 Å². The summed E-state index contributed by atoms with van der Waals surface area (Å²) in [5.41, 5.74) is 0. The molecule has 0 aromatic heterocycles. The molecule has 74 valence electrons. The third kappa shape index (κ3) is 0.907. The van der Waals surface area contributed by atoms with Gasteiger partial charge in [0.05, 0.1) is 0 Å². The monoisotopic (exact) mass is 216 g/mol. The Morgan fingerprint density at radius 1 is 1.38 bits per heavy atom. The van der Waals surface area contributed by atoms with Gasteiger partial charge in [-0.25, -0.2) is 0 Å². The molecule has 0 aromatic rings. The first-order chi connectivity index (χ1) is 5.72. The second-order valence-corrected chi connectivity index (χ2v) is 3.42. The van der Waals surface area contributed by atoms with Gasteiger partial charge in [-0.1, -0.05) is 6.08 Å². The summed E-state index contributed by atoms with van der Waals surface area (Å²) >= 11 is 5.08. The van der Waals surface area contributed by atoms with Crippen LogP contribution in [0.15, 0.2) is 12.7 Å². The Hall–Kier alpha value is -0.580. The maximum absolute atomic E-state index is 12.7. The SMILES string of the molecule is C=CCC1(Cl)C(=O)C(F)(F)C1(F)F. The lowest BCUT2D eigenvalue weighted by molar-refractivity contribution is -0.265. The first-order valence-electron chi connectivity index (χ1n) is 3.32. The number of allylic oxidation sites excluding steroid dienone is 1. The van der Waals surface area contributed by atoms with Gasteiger partial charge in [0, 0.05) is 0 Å². The van der Waals surface area contributed by atoms with Gasteiger partial charge in [-0.2, -0.15) is 17.6 Å². The molecular formula is C7H5ClF4O. The normalized spacial score (nSPS) is 35.3. The Labute approximate surface area is 76.4 Å². The highest BCUT2D eigenvalue weighted by atomic mass is 35.5. The average molecular weight is 217 g/mol. The number of halogens is 5. The van der Waals surface area contributed by atoms with Crippen LogP contribution in [0.3, 0.4) is 0 Å². The Morgan fingerprint density at radius 3 is 2.15 bits per heavy atom. The molecule has 1 rings (SSSR count). The Bertz CT molecular complexity index is 276. The highest BCUT2D eigenvalue weighted by Crippen LogP contribution is 2.59. The van der Waals surface area contributed by atoms with E-state index in [1.807, 2.05) is 0 Å². The first kappa shape index (κ1) is 10.5. The van der Waals surface area contributed by atoms with Crippen LogP contribution in [-0.4, -0.2) is 22.5 Å². The highest BCUT2D eigenvalue weighted by molar-refractivity contribution is 6.41. The van der Waals surface area contributed by atoms with E-state index in [9.17, 15) is 22.4 Å². The van der Waals surface area contributed by atoms with Crippen LogP contribution in [0, 0.1) is 0 Å². The van der Waals surface area contributed by atoms with Crippen LogP contribution in [-0.2, 0) is 4.79 Å². The van der Waals surface area contributed by atoms with Crippen LogP contribution < -0.4 is 0 Å². The van der Waals surface area contributed by atoms with E-state index in [-0.39, 0.29) is 0 Å². The highest BCUT2D eigenvalue weighted by Gasteiger charge is 2.86. The van der Waals surface area contributed by atoms with Gasteiger partial charge in [-0.15, -0.1) is 18.2 Å². The molecule has 1 nitrogen and oxygen atoms in total. The summed E-state index contributed by atoms with van der Waals surface area (Å²) in [7, 11) is 0. The zero-order chi connectivity index (χ0) is 10.5. The van der Waals surface area contributed by atoms with E-state index in [2.05, 4.69) is 6.58 Å². The Morgan fingerprint density at radius 2 is 1.85 bits per heavy atom. The summed E-state index contributed by atoms with van der Waals surface area (Å²) in [6.07, 6.45) is 0.240. The van der Waals surface area contributed by atoms with Crippen molar-refractivity contribution in [2.75, 3.05) is 0 Å². The van der Waals surface area contributed by atoms with Crippen LogP contribution in [0.25, 0.3) is 0 Å². The van der Waals surface area contributed by atoms with Crippen LogP contribution in [0.4, 0.5) is 17.6 Å². The summed E-state index contributed by atoms with van der Waals surface area (Å²) in [6, 6.07) is 0. The molecule has 0 heterocycles. The topological polar surface area (TPSA) is 17.1 Å². The number of hydrogen-bond donors (Lipinski definition) is 0. The molecule has 0 bridgehead atoms. The minimum Gasteiger partial charge on any atom is -0.290 e. The predicted molar refractivity (Wildman–Crippen MR) is 38.3 cm³/mol. The molecule has 0 aliphatic heterocycles. The van der Waals surface area contributed by atoms with Gasteiger partial charge in [-0.05, 0) is 6.42 Å². The van der Waals surface area contributed by atoms with Gasteiger partial charge in [0.1, 0.15) is 0 Å². The minimum atomic E-state index is -4.64. The van der Waals surface area contributed by atoms with Crippen molar-refractivity contribution < 1.29 is 22.4 Å². The first-order valence-corrected chi connectivity index (χ1v) is 3.70. The number of ketones is 1. The summed E-state index contributed by atoms with van der Waals surface area (Å²) < 4.78 is 49.9. The van der Waals surface area contributed by atoms with Crippen molar-refractivity contribution in [1.82, 2.24) is 0 Å². The summed E-state index contributed by atoms with van der Waals surface area (Å²) in [6.45, 7) is 3.06. The molecule has 0 amide bonds. The largest absolute Gasteiger partial charge is 0.371 e. The second kappa shape index (κ2) is 2.47. The number of hydrogen-bond acceptors (Lipinski definition) is 1. The molecule has 0 aromatic carbocycles. The minimum absolute atomic E-state index is 0.671. The fourth-order valence-corrected chi connectivity index (χ4v) is 1.49. The van der Waals surface area contributed by atoms with Gasteiger partial charge in [0.15, 0.2) is 4.87 Å². The molecular weight excluding hydrogens is 212 g/mol. The van der Waals surface area contributed by atoms with E-state index in [0.717, 1.165) is 6.08 Å². The fraction of sp³-hybridized carbons (Fsp3) is 0.571. The lowest BCUT2D eigenvalue weighted by Crippen LogP contribution is -2.76. The van der Waals surface area contributed by atoms with Crippen molar-refractivity contribution in [3.8, 4) is 0 Å². The van der Waals surface area contributed by atoms with Crippen molar-refractivity contribution in [3.63, 3.8) is 0 Å². The smallest absolute Gasteiger partial charge is 0.290 e. The van der Waals surface area contributed by atoms with Crippen LogP contribution in [0.2, 0.25) is 0 Å². The third-order valence-corrected chi connectivity index (χ3v) is 2.53. The number of rotatable bonds is 2. The van der Waals surface area contributed by atoms with E-state index in [4.69, 9.17) is 11.6 Å². The summed E-state index contributed by atoms with van der Waals surface area (Å²) in [4.78, 5) is 7.79. The molecule has 1 unspecified atom stereocenters. The van der Waals surface area contributed by atoms with Gasteiger partial charge in [0.2, 0.25) is 5.78 Å². The van der Waals surface area contributed by atoms with Crippen LogP contribution in [0.5, 0.6) is 0 Å². The Balaban J connectivity index is 3.06. The number of Topliss-reactive ketones (excluding diaryl/α,β-unsaturated/α-hetero) is 1. The molecule has 13 heavy (non-hydrogen) atoms. The fourth-order valence-electron chi connectivity index (χ4n) is 1.14. The predicted octanol–water partition coefficient (Wildman–Crippen LogP) is 2.39. The van der Waals surface area contributed by atoms with E-state index in [1.165, 1.54) is 0 Å². The van der Waals surface area contributed by atoms with Gasteiger partial charge < -0.3 is 0 Å². The number of carbonyl (C=O) groups excluding carboxylic acids is 1. The molecule has 1 atom stereocenters. The standard InChI is InChI=1S/C7H5ClF4O/c1-2-3-5(8)4(13)6(9,10)7(5,11)12/h2H,1,3H2. The van der Waals surface area contributed by atoms with Gasteiger partial charge >= 0.3 is 11.8 Å². The van der Waals surface area contributed by atoms with Crippen molar-refractivity contribution in [2.24, 2.45) is 0 Å². The van der Waals surface area contributed by atoms with Gasteiger partial charge in [-0.3, -0.25) is 4.79 Å². The zero-order valence-corrected chi connectivity index (χ0v) is 7.05. The molecule has 1 aliphatic rings. The molecule has 0 radical (unpaired) electrons. The van der Waals surface area contributed by atoms with Crippen LogP contribution in [0.1, 0.15) is 6.42 Å². The van der Waals surface area contributed by atoms with E-state index >= 15 is 0 Å². The van der Waals surface area contributed by atoms with Crippen molar-refractivity contribution in [1.29, 1.82) is 0 Å². The molecule has 0 spiro atoms. The maximum atomic E-state index is 12.7. The summed E-state index contributed by atoms with van der Waals surface area (Å²) in [5.74, 6) is -11.1.